The quantitative estimate of drug-likeness (QED) is 0.626. The molecule has 12 heavy (non-hydrogen) atoms. The molecule has 3 nitrogen and oxygen atoms in total. The summed E-state index contributed by atoms with van der Waals surface area (Å²) >= 11 is 0. The van der Waals surface area contributed by atoms with Gasteiger partial charge in [0.05, 0.1) is 0 Å². The number of hydrogen-bond acceptors (Lipinski definition) is 2. The summed E-state index contributed by atoms with van der Waals surface area (Å²) in [6.07, 6.45) is 0. The van der Waals surface area contributed by atoms with E-state index < -0.39 is 0 Å². The maximum atomic E-state index is 5.43. The molecule has 3 heteroatoms. The van der Waals surface area contributed by atoms with Gasteiger partial charge in [0.1, 0.15) is 5.82 Å². The Bertz CT molecular complexity index is 220. The smallest absolute Gasteiger partial charge is 0.145 e. The van der Waals surface area contributed by atoms with Crippen molar-refractivity contribution in [3.8, 4) is 0 Å². The number of aromatic amines is 1. The van der Waals surface area contributed by atoms with Crippen LogP contribution in [0.2, 0.25) is 0 Å². The zero-order valence-corrected chi connectivity index (χ0v) is 8.60. The van der Waals surface area contributed by atoms with Gasteiger partial charge in [0.2, 0.25) is 0 Å². The van der Waals surface area contributed by atoms with Crippen LogP contribution >= 0.6 is 0 Å². The highest BCUT2D eigenvalue weighted by Crippen LogP contribution is 2.20. The molecule has 0 aromatic carbocycles. The molecule has 0 unspecified atom stereocenters. The third kappa shape index (κ3) is 2.95. The first-order valence-corrected chi connectivity index (χ1v) is 4.31. The van der Waals surface area contributed by atoms with Crippen molar-refractivity contribution in [2.75, 3.05) is 5.73 Å². The van der Waals surface area contributed by atoms with Crippen molar-refractivity contribution >= 4 is 5.82 Å². The topological polar surface area (TPSA) is 54.7 Å². The third-order valence-corrected chi connectivity index (χ3v) is 1.41. The largest absolute Gasteiger partial charge is 0.382 e. The standard InChI is InChI=1S/C7H13N3.C2H6/c1-7(2,3)5-4-6(8)10-9-5;1-2/h4H,1-3H3,(H3,8,9,10);1-2H3. The number of nitrogens with one attached hydrogen (secondary N) is 1. The predicted octanol–water partition coefficient (Wildman–Crippen LogP) is 2.32. The number of H-pyrrole nitrogens is 1. The van der Waals surface area contributed by atoms with Crippen LogP contribution in [0.4, 0.5) is 5.82 Å². The van der Waals surface area contributed by atoms with Crippen molar-refractivity contribution < 1.29 is 0 Å². The van der Waals surface area contributed by atoms with Crippen LogP contribution < -0.4 is 5.73 Å². The second-order valence-corrected chi connectivity index (χ2v) is 3.46. The van der Waals surface area contributed by atoms with Gasteiger partial charge in [-0.2, -0.15) is 5.10 Å². The van der Waals surface area contributed by atoms with Gasteiger partial charge in [-0.25, -0.2) is 0 Å². The number of aromatic nitrogens is 2. The van der Waals surface area contributed by atoms with E-state index in [0.717, 1.165) is 5.69 Å². The van der Waals surface area contributed by atoms with Crippen molar-refractivity contribution in [3.63, 3.8) is 0 Å². The van der Waals surface area contributed by atoms with Gasteiger partial charge in [-0.15, -0.1) is 0 Å². The molecular formula is C9H19N3. The van der Waals surface area contributed by atoms with Crippen LogP contribution in [0.3, 0.4) is 0 Å². The zero-order valence-electron chi connectivity index (χ0n) is 8.60. The highest BCUT2D eigenvalue weighted by molar-refractivity contribution is 5.31. The van der Waals surface area contributed by atoms with Gasteiger partial charge in [-0.1, -0.05) is 34.6 Å². The second-order valence-electron chi connectivity index (χ2n) is 3.46. The van der Waals surface area contributed by atoms with Gasteiger partial charge >= 0.3 is 0 Å². The minimum Gasteiger partial charge on any atom is -0.382 e. The second kappa shape index (κ2) is 4.14. The Balaban J connectivity index is 0.000000561. The van der Waals surface area contributed by atoms with E-state index in [4.69, 9.17) is 5.73 Å². The first-order valence-electron chi connectivity index (χ1n) is 4.31. The van der Waals surface area contributed by atoms with E-state index in [2.05, 4.69) is 31.0 Å². The lowest BCUT2D eigenvalue weighted by molar-refractivity contribution is 0.567. The fraction of sp³-hybridized carbons (Fsp3) is 0.667. The first kappa shape index (κ1) is 11.0. The minimum atomic E-state index is 0.116. The van der Waals surface area contributed by atoms with Gasteiger partial charge in [0, 0.05) is 17.2 Å². The third-order valence-electron chi connectivity index (χ3n) is 1.41. The van der Waals surface area contributed by atoms with E-state index in [9.17, 15) is 0 Å². The number of nitrogen functional groups attached to an aromatic ring is 1. The summed E-state index contributed by atoms with van der Waals surface area (Å²) in [7, 11) is 0. The van der Waals surface area contributed by atoms with E-state index in [1.54, 1.807) is 0 Å². The predicted molar refractivity (Wildman–Crippen MR) is 53.0 cm³/mol. The summed E-state index contributed by atoms with van der Waals surface area (Å²) < 4.78 is 0. The lowest BCUT2D eigenvalue weighted by Gasteiger charge is -2.14. The van der Waals surface area contributed by atoms with E-state index in [-0.39, 0.29) is 5.41 Å². The van der Waals surface area contributed by atoms with Gasteiger partial charge < -0.3 is 5.73 Å². The number of anilines is 1. The van der Waals surface area contributed by atoms with Crippen LogP contribution in [0.1, 0.15) is 40.3 Å². The molecule has 0 amide bonds. The van der Waals surface area contributed by atoms with Crippen molar-refractivity contribution in [1.82, 2.24) is 10.2 Å². The van der Waals surface area contributed by atoms with E-state index in [1.807, 2.05) is 19.9 Å². The van der Waals surface area contributed by atoms with Crippen LogP contribution in [0.25, 0.3) is 0 Å². The Morgan fingerprint density at radius 1 is 1.33 bits per heavy atom. The maximum absolute atomic E-state index is 5.43. The molecule has 0 atom stereocenters. The van der Waals surface area contributed by atoms with Crippen LogP contribution in [-0.4, -0.2) is 10.2 Å². The molecule has 3 N–H and O–H groups in total. The SMILES string of the molecule is CC.CC(C)(C)c1cc(N)n[nH]1. The molecule has 70 valence electrons. The summed E-state index contributed by atoms with van der Waals surface area (Å²) in [4.78, 5) is 0. The van der Waals surface area contributed by atoms with Crippen LogP contribution in [0.5, 0.6) is 0 Å². The number of rotatable bonds is 0. The Labute approximate surface area is 74.4 Å². The van der Waals surface area contributed by atoms with Crippen molar-refractivity contribution in [2.45, 2.75) is 40.0 Å². The summed E-state index contributed by atoms with van der Waals surface area (Å²) in [5.74, 6) is 0.560. The van der Waals surface area contributed by atoms with Gasteiger partial charge in [-0.05, 0) is 0 Å². The fourth-order valence-corrected chi connectivity index (χ4v) is 0.721. The molecule has 1 aromatic heterocycles. The first-order chi connectivity index (χ1) is 5.50. The van der Waals surface area contributed by atoms with Gasteiger partial charge in [0.25, 0.3) is 0 Å². The summed E-state index contributed by atoms with van der Waals surface area (Å²) in [6.45, 7) is 10.3. The number of nitrogens with zero attached hydrogens (tertiary/aromatic N) is 1. The lowest BCUT2D eigenvalue weighted by Crippen LogP contribution is -2.11. The Morgan fingerprint density at radius 3 is 2.00 bits per heavy atom. The molecule has 0 aliphatic carbocycles. The highest BCUT2D eigenvalue weighted by Gasteiger charge is 2.15. The molecule has 0 radical (unpaired) electrons. The van der Waals surface area contributed by atoms with Gasteiger partial charge in [-0.3, -0.25) is 5.10 Å². The van der Waals surface area contributed by atoms with Gasteiger partial charge in [0.15, 0.2) is 0 Å². The molecule has 0 saturated heterocycles. The van der Waals surface area contributed by atoms with Crippen LogP contribution in [0, 0.1) is 0 Å². The van der Waals surface area contributed by atoms with Crippen LogP contribution in [0.15, 0.2) is 6.07 Å². The van der Waals surface area contributed by atoms with Crippen molar-refractivity contribution in [1.29, 1.82) is 0 Å². The Hall–Kier alpha value is -0.990. The van der Waals surface area contributed by atoms with E-state index >= 15 is 0 Å². The lowest BCUT2D eigenvalue weighted by atomic mass is 9.92. The van der Waals surface area contributed by atoms with Crippen molar-refractivity contribution in [2.24, 2.45) is 0 Å². The molecule has 0 fully saturated rings. The number of nitrogens with two attached hydrogens (primary N) is 1. The molecule has 1 aromatic rings. The summed E-state index contributed by atoms with van der Waals surface area (Å²) in [6, 6.07) is 1.86. The monoisotopic (exact) mass is 169 g/mol. The van der Waals surface area contributed by atoms with E-state index in [0.29, 0.717) is 5.82 Å². The summed E-state index contributed by atoms with van der Waals surface area (Å²) in [5.41, 5.74) is 6.62. The molecular weight excluding hydrogens is 150 g/mol. The molecule has 0 saturated carbocycles. The van der Waals surface area contributed by atoms with E-state index in [1.165, 1.54) is 0 Å². The normalized spacial score (nSPS) is 10.4. The zero-order chi connectivity index (χ0) is 9.78. The Kier molecular flexibility index (Phi) is 3.80. The summed E-state index contributed by atoms with van der Waals surface area (Å²) in [5, 5.41) is 6.71. The average Bonchev–Trinajstić information content (AvgIpc) is 2.39. The molecule has 1 heterocycles. The molecule has 0 bridgehead atoms. The minimum absolute atomic E-state index is 0.116. The molecule has 0 spiro atoms. The fourth-order valence-electron chi connectivity index (χ4n) is 0.721. The number of hydrogen-bond donors (Lipinski definition) is 2. The molecule has 0 aliphatic heterocycles. The average molecular weight is 169 g/mol. The van der Waals surface area contributed by atoms with Crippen LogP contribution in [-0.2, 0) is 5.41 Å². The Morgan fingerprint density at radius 2 is 1.83 bits per heavy atom. The van der Waals surface area contributed by atoms with Crippen molar-refractivity contribution in [3.05, 3.63) is 11.8 Å². The maximum Gasteiger partial charge on any atom is 0.145 e. The molecule has 0 aliphatic rings. The molecule has 1 rings (SSSR count). The highest BCUT2D eigenvalue weighted by atomic mass is 15.2.